The van der Waals surface area contributed by atoms with E-state index < -0.39 is 15.9 Å². The Balaban J connectivity index is 2.59. The van der Waals surface area contributed by atoms with Crippen LogP contribution in [0.5, 0.6) is 0 Å². The number of aliphatic hydroxyl groups is 1. The van der Waals surface area contributed by atoms with Crippen molar-refractivity contribution in [2.75, 3.05) is 24.6 Å². The smallest absolute Gasteiger partial charge is 0.154 e. The molecule has 4 nitrogen and oxygen atoms in total. The summed E-state index contributed by atoms with van der Waals surface area (Å²) in [7, 11) is -3.08. The maximum Gasteiger partial charge on any atom is 0.154 e. The minimum Gasteiger partial charge on any atom is -0.391 e. The van der Waals surface area contributed by atoms with Crippen LogP contribution in [0.15, 0.2) is 0 Å². The maximum atomic E-state index is 11.3. The van der Waals surface area contributed by atoms with E-state index in [1.54, 1.807) is 0 Å². The van der Waals surface area contributed by atoms with E-state index in [0.717, 1.165) is 13.1 Å². The fourth-order valence-electron chi connectivity index (χ4n) is 1.60. The number of nitrogens with zero attached hydrogens (tertiary/aromatic N) is 1. The first-order valence-electron chi connectivity index (χ1n) is 5.23. The molecule has 1 fully saturated rings. The molecule has 16 heavy (non-hydrogen) atoms. The van der Waals surface area contributed by atoms with E-state index in [0.29, 0.717) is 4.32 Å². The predicted molar refractivity (Wildman–Crippen MR) is 71.6 cm³/mol. The Morgan fingerprint density at radius 1 is 1.44 bits per heavy atom. The Morgan fingerprint density at radius 2 is 2.00 bits per heavy atom. The van der Waals surface area contributed by atoms with Crippen molar-refractivity contribution in [2.24, 2.45) is 0 Å². The van der Waals surface area contributed by atoms with Crippen molar-refractivity contribution in [1.82, 2.24) is 4.90 Å². The lowest BCUT2D eigenvalue weighted by Gasteiger charge is -2.23. The van der Waals surface area contributed by atoms with Crippen LogP contribution in [0.2, 0.25) is 0 Å². The molecule has 1 rings (SSSR count). The van der Waals surface area contributed by atoms with E-state index in [-0.39, 0.29) is 16.8 Å². The van der Waals surface area contributed by atoms with Crippen molar-refractivity contribution in [1.29, 1.82) is 0 Å². The largest absolute Gasteiger partial charge is 0.391 e. The Kier molecular flexibility index (Phi) is 5.03. The molecular weight excluding hydrogens is 266 g/mol. The van der Waals surface area contributed by atoms with Crippen molar-refractivity contribution in [3.63, 3.8) is 0 Å². The Hall–Kier alpha value is 0.150. The Labute approximate surface area is 106 Å². The van der Waals surface area contributed by atoms with Crippen LogP contribution in [0, 0.1) is 0 Å². The molecule has 7 heteroatoms. The Morgan fingerprint density at radius 3 is 2.38 bits per heavy atom. The molecule has 0 aliphatic carbocycles. The van der Waals surface area contributed by atoms with Crippen molar-refractivity contribution in [2.45, 2.75) is 25.2 Å². The van der Waals surface area contributed by atoms with E-state index in [9.17, 15) is 13.5 Å². The molecule has 94 valence electrons. The summed E-state index contributed by atoms with van der Waals surface area (Å²) in [5.41, 5.74) is 0. The van der Waals surface area contributed by atoms with Gasteiger partial charge in [0.1, 0.15) is 4.32 Å². The molecule has 0 aromatic rings. The molecule has 1 N–H and O–H groups in total. The van der Waals surface area contributed by atoms with Gasteiger partial charge in [0.25, 0.3) is 0 Å². The SMILES string of the molecule is CCN(CC)C(=S)S[C@H]1CS(=O)(=O)C[C@H]1O. The molecule has 0 saturated carbocycles. The van der Waals surface area contributed by atoms with Crippen LogP contribution < -0.4 is 0 Å². The summed E-state index contributed by atoms with van der Waals surface area (Å²) in [5.74, 6) is -0.105. The summed E-state index contributed by atoms with van der Waals surface area (Å²) in [6.07, 6.45) is -0.788. The summed E-state index contributed by atoms with van der Waals surface area (Å²) in [6, 6.07) is 0. The molecule has 0 bridgehead atoms. The van der Waals surface area contributed by atoms with Gasteiger partial charge in [0.05, 0.1) is 22.9 Å². The van der Waals surface area contributed by atoms with Crippen molar-refractivity contribution in [3.8, 4) is 0 Å². The van der Waals surface area contributed by atoms with Crippen molar-refractivity contribution < 1.29 is 13.5 Å². The first-order chi connectivity index (χ1) is 7.39. The van der Waals surface area contributed by atoms with Crippen LogP contribution in [0.25, 0.3) is 0 Å². The second-order valence-electron chi connectivity index (χ2n) is 3.74. The molecule has 1 saturated heterocycles. The van der Waals surface area contributed by atoms with E-state index in [4.69, 9.17) is 12.2 Å². The number of hydrogen-bond donors (Lipinski definition) is 1. The fraction of sp³-hybridized carbons (Fsp3) is 0.889. The van der Waals surface area contributed by atoms with Gasteiger partial charge in [-0.1, -0.05) is 24.0 Å². The van der Waals surface area contributed by atoms with E-state index in [1.807, 2.05) is 18.7 Å². The predicted octanol–water partition coefficient (Wildman–Crippen LogP) is 0.504. The fourth-order valence-corrected chi connectivity index (χ4v) is 5.77. The van der Waals surface area contributed by atoms with Gasteiger partial charge >= 0.3 is 0 Å². The number of thiocarbonyl (C=S) groups is 1. The zero-order valence-corrected chi connectivity index (χ0v) is 11.9. The van der Waals surface area contributed by atoms with Gasteiger partial charge in [-0.3, -0.25) is 0 Å². The summed E-state index contributed by atoms with van der Waals surface area (Å²) >= 11 is 6.52. The summed E-state index contributed by atoms with van der Waals surface area (Å²) < 4.78 is 23.3. The number of rotatable bonds is 3. The van der Waals surface area contributed by atoms with Crippen molar-refractivity contribution in [3.05, 3.63) is 0 Å². The van der Waals surface area contributed by atoms with E-state index >= 15 is 0 Å². The van der Waals surface area contributed by atoms with Gasteiger partial charge in [0, 0.05) is 13.1 Å². The van der Waals surface area contributed by atoms with Crippen LogP contribution in [-0.4, -0.2) is 58.7 Å². The van der Waals surface area contributed by atoms with Crippen molar-refractivity contribution >= 4 is 38.1 Å². The minimum atomic E-state index is -3.08. The lowest BCUT2D eigenvalue weighted by molar-refractivity contribution is 0.208. The van der Waals surface area contributed by atoms with Gasteiger partial charge in [0.15, 0.2) is 9.84 Å². The zero-order valence-electron chi connectivity index (χ0n) is 9.42. The van der Waals surface area contributed by atoms with E-state index in [1.165, 1.54) is 11.8 Å². The number of aliphatic hydroxyl groups excluding tert-OH is 1. The highest BCUT2D eigenvalue weighted by Gasteiger charge is 2.37. The minimum absolute atomic E-state index is 0.0280. The number of thioether (sulfide) groups is 1. The van der Waals surface area contributed by atoms with E-state index in [2.05, 4.69) is 0 Å². The molecule has 0 amide bonds. The monoisotopic (exact) mass is 283 g/mol. The van der Waals surface area contributed by atoms with Crippen LogP contribution in [0.1, 0.15) is 13.8 Å². The van der Waals surface area contributed by atoms with Gasteiger partial charge < -0.3 is 10.0 Å². The standard InChI is InChI=1S/C9H17NO3S3/c1-3-10(4-2)9(14)15-8-6-16(12,13)5-7(8)11/h7-8,11H,3-6H2,1-2H3/t7-,8+/m1/s1. The van der Waals surface area contributed by atoms with Gasteiger partial charge in [-0.15, -0.1) is 0 Å². The molecule has 0 aromatic carbocycles. The molecule has 0 radical (unpaired) electrons. The van der Waals surface area contributed by atoms with Gasteiger partial charge in [-0.05, 0) is 13.8 Å². The highest BCUT2D eigenvalue weighted by Crippen LogP contribution is 2.27. The van der Waals surface area contributed by atoms with Crippen LogP contribution in [0.3, 0.4) is 0 Å². The maximum absolute atomic E-state index is 11.3. The normalized spacial score (nSPS) is 27.9. The Bertz CT molecular complexity index is 351. The van der Waals surface area contributed by atoms with Crippen LogP contribution in [0.4, 0.5) is 0 Å². The third-order valence-corrected chi connectivity index (χ3v) is 6.26. The quantitative estimate of drug-likeness (QED) is 0.762. The molecule has 0 spiro atoms. The topological polar surface area (TPSA) is 57.6 Å². The summed E-state index contributed by atoms with van der Waals surface area (Å²) in [5, 5.41) is 9.32. The second kappa shape index (κ2) is 5.66. The highest BCUT2D eigenvalue weighted by atomic mass is 32.2. The lowest BCUT2D eigenvalue weighted by Crippen LogP contribution is -2.31. The van der Waals surface area contributed by atoms with Gasteiger partial charge in [-0.2, -0.15) is 0 Å². The first kappa shape index (κ1) is 14.2. The third-order valence-electron chi connectivity index (χ3n) is 2.55. The van der Waals surface area contributed by atoms with Gasteiger partial charge in [0.2, 0.25) is 0 Å². The molecule has 0 unspecified atom stereocenters. The zero-order chi connectivity index (χ0) is 12.3. The number of hydrogen-bond acceptors (Lipinski definition) is 5. The first-order valence-corrected chi connectivity index (χ1v) is 8.34. The van der Waals surface area contributed by atoms with Crippen LogP contribution >= 0.6 is 24.0 Å². The van der Waals surface area contributed by atoms with Gasteiger partial charge in [-0.25, -0.2) is 8.42 Å². The molecule has 1 heterocycles. The molecule has 1 aliphatic rings. The summed E-state index contributed by atoms with van der Waals surface area (Å²) in [4.78, 5) is 1.98. The average molecular weight is 283 g/mol. The second-order valence-corrected chi connectivity index (χ2v) is 7.77. The molecular formula is C9H17NO3S3. The molecule has 1 aliphatic heterocycles. The molecule has 2 atom stereocenters. The lowest BCUT2D eigenvalue weighted by atomic mass is 10.3. The average Bonchev–Trinajstić information content (AvgIpc) is 2.41. The number of sulfone groups is 1. The molecule has 0 aromatic heterocycles. The highest BCUT2D eigenvalue weighted by molar-refractivity contribution is 8.23. The third kappa shape index (κ3) is 3.58. The van der Waals surface area contributed by atoms with Crippen LogP contribution in [-0.2, 0) is 9.84 Å². The summed E-state index contributed by atoms with van der Waals surface area (Å²) in [6.45, 7) is 5.60.